The minimum Gasteiger partial charge on any atom is -0.444 e. The van der Waals surface area contributed by atoms with Crippen LogP contribution < -0.4 is 31.9 Å². The second kappa shape index (κ2) is 19.8. The topological polar surface area (TPSA) is 299 Å². The molecule has 0 heterocycles. The Kier molecular flexibility index (Phi) is 16.6. The normalized spacial score (nSPS) is 30.0. The highest BCUT2D eigenvalue weighted by Crippen LogP contribution is 2.26. The molecule has 1 aromatic carbocycles. The Morgan fingerprint density at radius 2 is 0.650 bits per heavy atom. The number of benzene rings is 1. The fraction of sp³-hybridized carbons (Fsp3) is 0.750. The number of amides is 4. The number of aliphatic hydroxyl groups is 6. The minimum atomic E-state index is -1.67. The fourth-order valence-electron chi connectivity index (χ4n) is 6.81. The van der Waals surface area contributed by atoms with Gasteiger partial charge in [-0.15, -0.1) is 0 Å². The van der Waals surface area contributed by atoms with Gasteiger partial charge in [-0.1, -0.05) is 24.3 Å². The first kappa shape index (κ1) is 50.3. The largest absolute Gasteiger partial charge is 0.444 e. The van der Waals surface area contributed by atoms with Crippen LogP contribution in [0.3, 0.4) is 0 Å². The monoisotopic (exact) mass is 856 g/mol. The van der Waals surface area contributed by atoms with E-state index < -0.39 is 120 Å². The molecule has 0 radical (unpaired) electrons. The Bertz CT molecular complexity index is 1420. The van der Waals surface area contributed by atoms with Crippen LogP contribution in [-0.2, 0) is 32.0 Å². The Morgan fingerprint density at radius 3 is 0.867 bits per heavy atom. The molecule has 0 aromatic heterocycles. The number of hydrogen-bond acceptors (Lipinski definition) is 16. The standard InChI is InChI=1S/C40H68N6O14/c1-37(2,3)57-33(53)43-23-27(47)21(28(48)24(31(23)51)44-34(54)58-38(4,5)6)41-17-19-14-13-15-20(16-19)18-42-22-29(49)25(45-35(55)59-39(7,8)9)32(52)26(30(22)50)46-36(56)60-40(10,11)12/h13-16,21-32,41-42,47-52H,17-18H2,1-12H3,(H,43,53)(H,44,54)(H,45,55)(H,46,56)/t21?,22?,23-,24+,25-,26+,27-,28+,29-,30+,31?,32?. The quantitative estimate of drug-likeness (QED) is 0.142. The van der Waals surface area contributed by atoms with Gasteiger partial charge in [0, 0.05) is 13.1 Å². The third kappa shape index (κ3) is 15.2. The van der Waals surface area contributed by atoms with Crippen molar-refractivity contribution in [1.29, 1.82) is 0 Å². The van der Waals surface area contributed by atoms with Gasteiger partial charge in [-0.05, 0) is 94.2 Å². The molecule has 2 aliphatic carbocycles. The van der Waals surface area contributed by atoms with Crippen LogP contribution in [0.2, 0.25) is 0 Å². The second-order valence-corrected chi connectivity index (χ2v) is 19.3. The zero-order valence-corrected chi connectivity index (χ0v) is 36.6. The molecule has 2 fully saturated rings. The Balaban J connectivity index is 1.82. The molecule has 12 atom stereocenters. The maximum Gasteiger partial charge on any atom is 0.408 e. The van der Waals surface area contributed by atoms with E-state index in [-0.39, 0.29) is 13.1 Å². The molecule has 3 rings (SSSR count). The maximum atomic E-state index is 12.8. The number of alkyl carbamates (subject to hydrolysis) is 4. The molecule has 2 saturated carbocycles. The van der Waals surface area contributed by atoms with Crippen LogP contribution in [0.5, 0.6) is 0 Å². The summed E-state index contributed by atoms with van der Waals surface area (Å²) in [7, 11) is 0. The van der Waals surface area contributed by atoms with E-state index in [1.54, 1.807) is 107 Å². The first-order valence-electron chi connectivity index (χ1n) is 20.0. The lowest BCUT2D eigenvalue weighted by molar-refractivity contribution is -0.0985. The van der Waals surface area contributed by atoms with Gasteiger partial charge in [-0.2, -0.15) is 0 Å². The molecule has 0 saturated heterocycles. The molecule has 20 heteroatoms. The van der Waals surface area contributed by atoms with Crippen molar-refractivity contribution >= 4 is 24.4 Å². The van der Waals surface area contributed by atoms with E-state index in [0.717, 1.165) is 0 Å². The Labute approximate surface area is 351 Å². The summed E-state index contributed by atoms with van der Waals surface area (Å²) in [6.07, 6.45) is -13.5. The molecule has 2 aliphatic rings. The smallest absolute Gasteiger partial charge is 0.408 e. The summed E-state index contributed by atoms with van der Waals surface area (Å²) >= 11 is 0. The molecule has 0 spiro atoms. The molecule has 20 nitrogen and oxygen atoms in total. The highest BCUT2D eigenvalue weighted by atomic mass is 16.6. The van der Waals surface area contributed by atoms with Gasteiger partial charge < -0.3 is 81.5 Å². The van der Waals surface area contributed by atoms with Crippen LogP contribution in [0, 0.1) is 0 Å². The summed E-state index contributed by atoms with van der Waals surface area (Å²) in [5.74, 6) is 0. The fourth-order valence-corrected chi connectivity index (χ4v) is 6.81. The van der Waals surface area contributed by atoms with Crippen LogP contribution in [-0.4, -0.2) is 150 Å². The first-order valence-corrected chi connectivity index (χ1v) is 20.0. The second-order valence-electron chi connectivity index (χ2n) is 19.3. The molecule has 60 heavy (non-hydrogen) atoms. The molecule has 342 valence electrons. The lowest BCUT2D eigenvalue weighted by Crippen LogP contribution is -2.74. The molecule has 4 unspecified atom stereocenters. The minimum absolute atomic E-state index is 0.0195. The highest BCUT2D eigenvalue weighted by molar-refractivity contribution is 5.70. The molecule has 1 aromatic rings. The predicted octanol–water partition coefficient (Wildman–Crippen LogP) is 0.369. The van der Waals surface area contributed by atoms with Crippen LogP contribution in [0.1, 0.15) is 94.2 Å². The summed E-state index contributed by atoms with van der Waals surface area (Å²) < 4.78 is 21.3. The van der Waals surface area contributed by atoms with E-state index >= 15 is 0 Å². The zero-order valence-electron chi connectivity index (χ0n) is 36.6. The molecule has 0 bridgehead atoms. The lowest BCUT2D eigenvalue weighted by Gasteiger charge is -2.46. The van der Waals surface area contributed by atoms with E-state index in [1.165, 1.54) is 0 Å². The number of carbonyl (C=O) groups excluding carboxylic acids is 4. The summed E-state index contributed by atoms with van der Waals surface area (Å²) in [5, 5.41) is 84.1. The first-order chi connectivity index (χ1) is 27.4. The molecular formula is C40H68N6O14. The molecule has 12 N–H and O–H groups in total. The van der Waals surface area contributed by atoms with Crippen molar-refractivity contribution in [3.63, 3.8) is 0 Å². The summed E-state index contributed by atoms with van der Waals surface area (Å²) in [6, 6.07) is -1.17. The van der Waals surface area contributed by atoms with E-state index in [4.69, 9.17) is 18.9 Å². The average Bonchev–Trinajstić information content (AvgIpc) is 3.06. The maximum absolute atomic E-state index is 12.8. The van der Waals surface area contributed by atoms with Crippen molar-refractivity contribution in [3.05, 3.63) is 35.4 Å². The van der Waals surface area contributed by atoms with E-state index in [0.29, 0.717) is 11.1 Å². The van der Waals surface area contributed by atoms with Crippen molar-refractivity contribution in [2.75, 3.05) is 0 Å². The van der Waals surface area contributed by atoms with Crippen molar-refractivity contribution in [2.45, 2.75) is 191 Å². The molecule has 0 aliphatic heterocycles. The lowest BCUT2D eigenvalue weighted by atomic mass is 9.79. The van der Waals surface area contributed by atoms with E-state index in [9.17, 15) is 49.8 Å². The van der Waals surface area contributed by atoms with Crippen molar-refractivity contribution in [3.8, 4) is 0 Å². The number of nitrogens with one attached hydrogen (secondary N) is 6. The van der Waals surface area contributed by atoms with Crippen LogP contribution in [0.25, 0.3) is 0 Å². The Hall–Kier alpha value is -4.02. The predicted molar refractivity (Wildman–Crippen MR) is 216 cm³/mol. The molecular weight excluding hydrogens is 788 g/mol. The number of carbonyl (C=O) groups is 4. The third-order valence-corrected chi connectivity index (χ3v) is 9.22. The van der Waals surface area contributed by atoms with Gasteiger partial charge in [0.2, 0.25) is 0 Å². The van der Waals surface area contributed by atoms with Gasteiger partial charge in [-0.25, -0.2) is 19.2 Å². The third-order valence-electron chi connectivity index (χ3n) is 9.22. The SMILES string of the molecule is CC(C)(C)OC(=O)N[C@@H]1C(O)[C@H](NC(=O)OC(C)(C)C)[C@H](O)C(NCc2cccc(CNC3[C@@H](O)[C@@H](NC(=O)OC(C)(C)C)C(O)[C@@H](NC(=O)OC(C)(C)C)[C@H]3O)c2)[C@@H]1O. The van der Waals surface area contributed by atoms with E-state index in [2.05, 4.69) is 31.9 Å². The molecule has 4 amide bonds. The van der Waals surface area contributed by atoms with Gasteiger partial charge in [0.25, 0.3) is 0 Å². The van der Waals surface area contributed by atoms with Crippen LogP contribution >= 0.6 is 0 Å². The van der Waals surface area contributed by atoms with E-state index in [1.807, 2.05) is 0 Å². The number of hydrogen-bond donors (Lipinski definition) is 12. The van der Waals surface area contributed by atoms with Gasteiger partial charge in [0.15, 0.2) is 0 Å². The van der Waals surface area contributed by atoms with Crippen LogP contribution in [0.4, 0.5) is 19.2 Å². The summed E-state index contributed by atoms with van der Waals surface area (Å²) in [5.41, 5.74) is -2.39. The number of aliphatic hydroxyl groups excluding tert-OH is 6. The van der Waals surface area contributed by atoms with Gasteiger partial charge >= 0.3 is 24.4 Å². The number of ether oxygens (including phenoxy) is 4. The van der Waals surface area contributed by atoms with Gasteiger partial charge in [0.1, 0.15) is 22.4 Å². The van der Waals surface area contributed by atoms with Gasteiger partial charge in [-0.3, -0.25) is 0 Å². The highest BCUT2D eigenvalue weighted by Gasteiger charge is 2.52. The average molecular weight is 857 g/mol. The Morgan fingerprint density at radius 1 is 0.433 bits per heavy atom. The van der Waals surface area contributed by atoms with Crippen molar-refractivity contribution in [2.24, 2.45) is 0 Å². The van der Waals surface area contributed by atoms with Gasteiger partial charge in [0.05, 0.1) is 72.9 Å². The number of rotatable bonds is 10. The van der Waals surface area contributed by atoms with Crippen molar-refractivity contribution in [1.82, 2.24) is 31.9 Å². The summed E-state index contributed by atoms with van der Waals surface area (Å²) in [4.78, 5) is 51.0. The van der Waals surface area contributed by atoms with Crippen LogP contribution in [0.15, 0.2) is 24.3 Å². The summed E-state index contributed by atoms with van der Waals surface area (Å²) in [6.45, 7) is 19.7. The zero-order chi connectivity index (χ0) is 45.7. The van der Waals surface area contributed by atoms with Crippen molar-refractivity contribution < 1.29 is 68.8 Å².